The Labute approximate surface area is 140 Å². The SMILES string of the molecule is CNCc1ccc(OCc2c(F)cccc2Cl)c(OC)c1.Cl. The molecule has 0 unspecified atom stereocenters. The van der Waals surface area contributed by atoms with Crippen LogP contribution in [0.15, 0.2) is 36.4 Å². The Morgan fingerprint density at radius 3 is 2.59 bits per heavy atom. The number of benzene rings is 2. The van der Waals surface area contributed by atoms with Gasteiger partial charge in [0.25, 0.3) is 0 Å². The minimum atomic E-state index is -0.381. The Morgan fingerprint density at radius 1 is 1.18 bits per heavy atom. The first-order valence-electron chi connectivity index (χ1n) is 6.53. The van der Waals surface area contributed by atoms with Gasteiger partial charge in [0, 0.05) is 12.1 Å². The summed E-state index contributed by atoms with van der Waals surface area (Å²) in [6.45, 7) is 0.781. The molecule has 120 valence electrons. The second kappa shape index (κ2) is 8.83. The Morgan fingerprint density at radius 2 is 1.95 bits per heavy atom. The molecule has 0 fully saturated rings. The highest BCUT2D eigenvalue weighted by Gasteiger charge is 2.10. The Balaban J connectivity index is 0.00000242. The molecule has 0 aliphatic carbocycles. The Kier molecular flexibility index (Phi) is 7.45. The molecule has 6 heteroatoms. The largest absolute Gasteiger partial charge is 0.493 e. The van der Waals surface area contributed by atoms with Gasteiger partial charge in [-0.3, -0.25) is 0 Å². The molecule has 2 rings (SSSR count). The van der Waals surface area contributed by atoms with E-state index in [1.165, 1.54) is 6.07 Å². The molecule has 0 spiro atoms. The quantitative estimate of drug-likeness (QED) is 0.850. The summed E-state index contributed by atoms with van der Waals surface area (Å²) in [5, 5.41) is 3.41. The zero-order valence-electron chi connectivity index (χ0n) is 12.4. The number of hydrogen-bond donors (Lipinski definition) is 1. The Hall–Kier alpha value is -1.49. The van der Waals surface area contributed by atoms with Crippen molar-refractivity contribution < 1.29 is 13.9 Å². The molecule has 0 aromatic heterocycles. The van der Waals surface area contributed by atoms with Crippen molar-refractivity contribution in [3.05, 3.63) is 58.4 Å². The summed E-state index contributed by atoms with van der Waals surface area (Å²) in [7, 11) is 3.44. The molecule has 0 bridgehead atoms. The van der Waals surface area contributed by atoms with Gasteiger partial charge in [0.05, 0.1) is 12.1 Å². The number of methoxy groups -OCH3 is 1. The maximum absolute atomic E-state index is 13.7. The highest BCUT2D eigenvalue weighted by molar-refractivity contribution is 6.31. The van der Waals surface area contributed by atoms with E-state index >= 15 is 0 Å². The van der Waals surface area contributed by atoms with E-state index in [4.69, 9.17) is 21.1 Å². The van der Waals surface area contributed by atoms with Crippen molar-refractivity contribution in [1.82, 2.24) is 5.32 Å². The second-order valence-electron chi connectivity index (χ2n) is 4.50. The normalized spacial score (nSPS) is 10.0. The van der Waals surface area contributed by atoms with Crippen LogP contribution >= 0.6 is 24.0 Å². The summed E-state index contributed by atoms with van der Waals surface area (Å²) in [6.07, 6.45) is 0. The van der Waals surface area contributed by atoms with E-state index in [1.54, 1.807) is 25.3 Å². The number of halogens is 3. The molecule has 0 aliphatic heterocycles. The molecule has 0 saturated carbocycles. The van der Waals surface area contributed by atoms with Gasteiger partial charge in [0.15, 0.2) is 11.5 Å². The van der Waals surface area contributed by atoms with Gasteiger partial charge in [0.1, 0.15) is 12.4 Å². The van der Waals surface area contributed by atoms with Crippen LogP contribution in [0.3, 0.4) is 0 Å². The molecular weight excluding hydrogens is 328 g/mol. The first-order chi connectivity index (χ1) is 10.2. The van der Waals surface area contributed by atoms with Gasteiger partial charge in [-0.15, -0.1) is 12.4 Å². The molecule has 22 heavy (non-hydrogen) atoms. The van der Waals surface area contributed by atoms with Crippen LogP contribution in [0.5, 0.6) is 11.5 Å². The molecule has 2 aromatic carbocycles. The first kappa shape index (κ1) is 18.6. The second-order valence-corrected chi connectivity index (χ2v) is 4.91. The zero-order chi connectivity index (χ0) is 15.2. The summed E-state index contributed by atoms with van der Waals surface area (Å²) in [4.78, 5) is 0. The van der Waals surface area contributed by atoms with E-state index in [0.29, 0.717) is 22.1 Å². The number of rotatable bonds is 6. The monoisotopic (exact) mass is 345 g/mol. The van der Waals surface area contributed by atoms with Crippen molar-refractivity contribution in [2.45, 2.75) is 13.2 Å². The van der Waals surface area contributed by atoms with Crippen molar-refractivity contribution in [2.24, 2.45) is 0 Å². The number of nitrogens with one attached hydrogen (secondary N) is 1. The first-order valence-corrected chi connectivity index (χ1v) is 6.90. The van der Waals surface area contributed by atoms with Gasteiger partial charge in [-0.1, -0.05) is 23.7 Å². The highest BCUT2D eigenvalue weighted by Crippen LogP contribution is 2.30. The summed E-state index contributed by atoms with van der Waals surface area (Å²) in [5.41, 5.74) is 1.41. The van der Waals surface area contributed by atoms with Gasteiger partial charge >= 0.3 is 0 Å². The van der Waals surface area contributed by atoms with Gasteiger partial charge in [-0.25, -0.2) is 4.39 Å². The fourth-order valence-electron chi connectivity index (χ4n) is 1.97. The Bertz CT molecular complexity index is 603. The number of ether oxygens (including phenoxy) is 2. The van der Waals surface area contributed by atoms with Crippen LogP contribution in [0.1, 0.15) is 11.1 Å². The minimum Gasteiger partial charge on any atom is -0.493 e. The molecule has 0 heterocycles. The predicted molar refractivity (Wildman–Crippen MR) is 88.7 cm³/mol. The average Bonchev–Trinajstić information content (AvgIpc) is 2.48. The number of hydrogen-bond acceptors (Lipinski definition) is 3. The van der Waals surface area contributed by atoms with Crippen molar-refractivity contribution >= 4 is 24.0 Å². The minimum absolute atomic E-state index is 0. The molecular formula is C16H18Cl2FNO2. The van der Waals surface area contributed by atoms with Crippen LogP contribution in [-0.2, 0) is 13.2 Å². The average molecular weight is 346 g/mol. The summed E-state index contributed by atoms with van der Waals surface area (Å²) >= 11 is 5.98. The van der Waals surface area contributed by atoms with Crippen LogP contribution in [0.25, 0.3) is 0 Å². The lowest BCUT2D eigenvalue weighted by molar-refractivity contribution is 0.279. The zero-order valence-corrected chi connectivity index (χ0v) is 13.9. The van der Waals surface area contributed by atoms with E-state index in [1.807, 2.05) is 19.2 Å². The van der Waals surface area contributed by atoms with Gasteiger partial charge in [-0.2, -0.15) is 0 Å². The van der Waals surface area contributed by atoms with Gasteiger partial charge in [-0.05, 0) is 36.9 Å². The maximum Gasteiger partial charge on any atom is 0.161 e. The van der Waals surface area contributed by atoms with Crippen molar-refractivity contribution in [3.63, 3.8) is 0 Å². The van der Waals surface area contributed by atoms with Crippen LogP contribution in [0, 0.1) is 5.82 Å². The van der Waals surface area contributed by atoms with Gasteiger partial charge in [0.2, 0.25) is 0 Å². The standard InChI is InChI=1S/C16H17ClFNO2.ClH/c1-19-9-11-6-7-15(16(8-11)20-2)21-10-12-13(17)4-3-5-14(12)18;/h3-8,19H,9-10H2,1-2H3;1H. The van der Waals surface area contributed by atoms with E-state index in [2.05, 4.69) is 5.32 Å². The topological polar surface area (TPSA) is 30.5 Å². The summed E-state index contributed by atoms with van der Waals surface area (Å²) in [6, 6.07) is 10.2. The third-order valence-corrected chi connectivity index (χ3v) is 3.40. The third-order valence-electron chi connectivity index (χ3n) is 3.04. The summed E-state index contributed by atoms with van der Waals surface area (Å²) in [5.74, 6) is 0.778. The maximum atomic E-state index is 13.7. The summed E-state index contributed by atoms with van der Waals surface area (Å²) < 4.78 is 24.6. The molecule has 0 saturated heterocycles. The lowest BCUT2D eigenvalue weighted by Crippen LogP contribution is -2.06. The van der Waals surface area contributed by atoms with E-state index in [-0.39, 0.29) is 24.8 Å². The van der Waals surface area contributed by atoms with Crippen molar-refractivity contribution in [2.75, 3.05) is 14.2 Å². The van der Waals surface area contributed by atoms with Crippen LogP contribution in [0.4, 0.5) is 4.39 Å². The van der Waals surface area contributed by atoms with Crippen LogP contribution < -0.4 is 14.8 Å². The molecule has 2 aromatic rings. The molecule has 0 atom stereocenters. The fraction of sp³-hybridized carbons (Fsp3) is 0.250. The van der Waals surface area contributed by atoms with E-state index < -0.39 is 0 Å². The third kappa shape index (κ3) is 4.50. The van der Waals surface area contributed by atoms with Crippen LogP contribution in [0.2, 0.25) is 5.02 Å². The van der Waals surface area contributed by atoms with E-state index in [9.17, 15) is 4.39 Å². The molecule has 0 radical (unpaired) electrons. The molecule has 0 amide bonds. The predicted octanol–water partition coefficient (Wildman–Crippen LogP) is 4.21. The van der Waals surface area contributed by atoms with Crippen molar-refractivity contribution in [3.8, 4) is 11.5 Å². The smallest absolute Gasteiger partial charge is 0.161 e. The molecule has 0 aliphatic rings. The lowest BCUT2D eigenvalue weighted by Gasteiger charge is -2.13. The van der Waals surface area contributed by atoms with Crippen LogP contribution in [-0.4, -0.2) is 14.2 Å². The van der Waals surface area contributed by atoms with Crippen molar-refractivity contribution in [1.29, 1.82) is 0 Å². The lowest BCUT2D eigenvalue weighted by atomic mass is 10.2. The molecule has 3 nitrogen and oxygen atoms in total. The fourth-order valence-corrected chi connectivity index (χ4v) is 2.18. The molecule has 1 N–H and O–H groups in total. The van der Waals surface area contributed by atoms with E-state index in [0.717, 1.165) is 12.1 Å². The highest BCUT2D eigenvalue weighted by atomic mass is 35.5. The van der Waals surface area contributed by atoms with Gasteiger partial charge < -0.3 is 14.8 Å².